The Morgan fingerprint density at radius 3 is 2.08 bits per heavy atom. The molecule has 7 nitrogen and oxygen atoms in total. The molecule has 0 aliphatic heterocycles. The summed E-state index contributed by atoms with van der Waals surface area (Å²) < 4.78 is 28.6. The molecule has 0 spiro atoms. The molecule has 0 saturated carbocycles. The summed E-state index contributed by atoms with van der Waals surface area (Å²) in [5.41, 5.74) is 2.97. The zero-order chi connectivity index (χ0) is 27.9. The molecule has 3 rings (SSSR count). The second kappa shape index (κ2) is 12.9. The van der Waals surface area contributed by atoms with E-state index >= 15 is 0 Å². The van der Waals surface area contributed by atoms with Crippen LogP contribution in [0.15, 0.2) is 77.7 Å². The van der Waals surface area contributed by atoms with Gasteiger partial charge in [-0.05, 0) is 57.0 Å². The van der Waals surface area contributed by atoms with Crippen molar-refractivity contribution in [3.63, 3.8) is 0 Å². The number of hydrogen-bond donors (Lipinski definition) is 1. The molecule has 0 aliphatic carbocycles. The van der Waals surface area contributed by atoms with Gasteiger partial charge in [-0.3, -0.25) is 13.9 Å². The molecule has 0 saturated heterocycles. The van der Waals surface area contributed by atoms with E-state index < -0.39 is 28.5 Å². The SMILES string of the molecule is CCCNC(=O)[C@@H](C)N(Cc1ccc(C)cc1)C(=O)CN(c1ccccc1Cl)S(=O)(=O)c1ccc(C)cc1. The highest BCUT2D eigenvalue weighted by atomic mass is 35.5. The summed E-state index contributed by atoms with van der Waals surface area (Å²) in [6.07, 6.45) is 0.749. The summed E-state index contributed by atoms with van der Waals surface area (Å²) in [5, 5.41) is 3.02. The number of carbonyl (C=O) groups excluding carboxylic acids is 2. The third kappa shape index (κ3) is 7.14. The Morgan fingerprint density at radius 1 is 0.921 bits per heavy atom. The number of hydrogen-bond acceptors (Lipinski definition) is 4. The van der Waals surface area contributed by atoms with Crippen molar-refractivity contribution in [2.75, 3.05) is 17.4 Å². The zero-order valence-corrected chi connectivity index (χ0v) is 23.7. The number of halogens is 1. The van der Waals surface area contributed by atoms with E-state index in [2.05, 4.69) is 5.32 Å². The maximum absolute atomic E-state index is 13.9. The minimum absolute atomic E-state index is 0.0367. The lowest BCUT2D eigenvalue weighted by Gasteiger charge is -2.32. The zero-order valence-electron chi connectivity index (χ0n) is 22.1. The van der Waals surface area contributed by atoms with Crippen molar-refractivity contribution in [1.82, 2.24) is 10.2 Å². The highest BCUT2D eigenvalue weighted by Gasteiger charge is 2.33. The number of aryl methyl sites for hydroxylation is 2. The minimum Gasteiger partial charge on any atom is -0.354 e. The summed E-state index contributed by atoms with van der Waals surface area (Å²) in [6.45, 7) is 7.49. The van der Waals surface area contributed by atoms with Gasteiger partial charge in [0.2, 0.25) is 11.8 Å². The lowest BCUT2D eigenvalue weighted by Crippen LogP contribution is -2.51. The molecular weight excluding hydrogens is 522 g/mol. The molecular formula is C29H34ClN3O4S. The minimum atomic E-state index is -4.16. The van der Waals surface area contributed by atoms with Gasteiger partial charge in [-0.2, -0.15) is 0 Å². The molecule has 0 radical (unpaired) electrons. The van der Waals surface area contributed by atoms with Crippen LogP contribution in [0.3, 0.4) is 0 Å². The lowest BCUT2D eigenvalue weighted by atomic mass is 10.1. The Bertz CT molecular complexity index is 1360. The van der Waals surface area contributed by atoms with E-state index in [1.54, 1.807) is 43.3 Å². The third-order valence-electron chi connectivity index (χ3n) is 6.20. The van der Waals surface area contributed by atoms with Gasteiger partial charge in [-0.25, -0.2) is 8.42 Å². The summed E-state index contributed by atoms with van der Waals surface area (Å²) in [5.74, 6) is -0.835. The van der Waals surface area contributed by atoms with Crippen molar-refractivity contribution in [3.8, 4) is 0 Å². The van der Waals surface area contributed by atoms with Gasteiger partial charge in [0.25, 0.3) is 10.0 Å². The largest absolute Gasteiger partial charge is 0.354 e. The van der Waals surface area contributed by atoms with Crippen molar-refractivity contribution in [3.05, 3.63) is 94.5 Å². The number of nitrogens with zero attached hydrogens (tertiary/aromatic N) is 2. The number of para-hydroxylation sites is 1. The smallest absolute Gasteiger partial charge is 0.264 e. The van der Waals surface area contributed by atoms with Crippen LogP contribution in [0.25, 0.3) is 0 Å². The van der Waals surface area contributed by atoms with E-state index in [0.29, 0.717) is 6.54 Å². The van der Waals surface area contributed by atoms with E-state index in [1.807, 2.05) is 45.0 Å². The number of amides is 2. The monoisotopic (exact) mass is 555 g/mol. The Hall–Kier alpha value is -3.36. The molecule has 0 aliphatic rings. The molecule has 0 heterocycles. The van der Waals surface area contributed by atoms with Gasteiger partial charge in [0, 0.05) is 13.1 Å². The second-order valence-electron chi connectivity index (χ2n) is 9.25. The number of carbonyl (C=O) groups is 2. The predicted molar refractivity (Wildman–Crippen MR) is 152 cm³/mol. The maximum atomic E-state index is 13.9. The molecule has 0 unspecified atom stereocenters. The van der Waals surface area contributed by atoms with Crippen LogP contribution < -0.4 is 9.62 Å². The van der Waals surface area contributed by atoms with Gasteiger partial charge in [0.05, 0.1) is 15.6 Å². The highest BCUT2D eigenvalue weighted by Crippen LogP contribution is 2.31. The first-order chi connectivity index (χ1) is 18.0. The van der Waals surface area contributed by atoms with Gasteiger partial charge < -0.3 is 10.2 Å². The van der Waals surface area contributed by atoms with E-state index in [-0.39, 0.29) is 28.1 Å². The molecule has 38 heavy (non-hydrogen) atoms. The van der Waals surface area contributed by atoms with Crippen LogP contribution in [0, 0.1) is 13.8 Å². The van der Waals surface area contributed by atoms with Crippen LogP contribution in [0.2, 0.25) is 5.02 Å². The molecule has 1 atom stereocenters. The third-order valence-corrected chi connectivity index (χ3v) is 8.29. The first-order valence-corrected chi connectivity index (χ1v) is 14.3. The van der Waals surface area contributed by atoms with Gasteiger partial charge in [0.1, 0.15) is 12.6 Å². The average Bonchev–Trinajstić information content (AvgIpc) is 2.90. The second-order valence-corrected chi connectivity index (χ2v) is 11.5. The van der Waals surface area contributed by atoms with Crippen molar-refractivity contribution in [1.29, 1.82) is 0 Å². The Labute approximate surface area is 230 Å². The molecule has 9 heteroatoms. The first kappa shape index (κ1) is 29.2. The number of benzene rings is 3. The number of rotatable bonds is 11. The van der Waals surface area contributed by atoms with Crippen LogP contribution in [0.5, 0.6) is 0 Å². The predicted octanol–water partition coefficient (Wildman–Crippen LogP) is 5.10. The van der Waals surface area contributed by atoms with Crippen LogP contribution in [-0.2, 0) is 26.2 Å². The summed E-state index contributed by atoms with van der Waals surface area (Å²) in [7, 11) is -4.16. The van der Waals surface area contributed by atoms with Crippen molar-refractivity contribution in [2.45, 2.75) is 51.6 Å². The summed E-state index contributed by atoms with van der Waals surface area (Å²) in [6, 6.07) is 19.7. The highest BCUT2D eigenvalue weighted by molar-refractivity contribution is 7.92. The van der Waals surface area contributed by atoms with Crippen LogP contribution in [0.1, 0.15) is 37.0 Å². The standard InChI is InChI=1S/C29H34ClN3O4S/c1-5-18-31-29(35)23(4)32(19-24-14-10-21(2)11-15-24)28(34)20-33(27-9-7-6-8-26(27)30)38(36,37)25-16-12-22(3)13-17-25/h6-17,23H,5,18-20H2,1-4H3,(H,31,35)/t23-/m1/s1. The normalized spacial score (nSPS) is 12.0. The van der Waals surface area contributed by atoms with Crippen LogP contribution in [0.4, 0.5) is 5.69 Å². The molecule has 3 aromatic carbocycles. The number of sulfonamides is 1. The van der Waals surface area contributed by atoms with Crippen LogP contribution in [-0.4, -0.2) is 44.3 Å². The summed E-state index contributed by atoms with van der Waals surface area (Å²) in [4.78, 5) is 28.2. The maximum Gasteiger partial charge on any atom is 0.264 e. The van der Waals surface area contributed by atoms with E-state index in [9.17, 15) is 18.0 Å². The van der Waals surface area contributed by atoms with Gasteiger partial charge in [-0.15, -0.1) is 0 Å². The van der Waals surface area contributed by atoms with E-state index in [0.717, 1.165) is 27.4 Å². The molecule has 3 aromatic rings. The molecule has 0 bridgehead atoms. The number of anilines is 1. The van der Waals surface area contributed by atoms with Crippen molar-refractivity contribution in [2.24, 2.45) is 0 Å². The molecule has 1 N–H and O–H groups in total. The summed E-state index contributed by atoms with van der Waals surface area (Å²) >= 11 is 6.42. The fraction of sp³-hybridized carbons (Fsp3) is 0.310. The topological polar surface area (TPSA) is 86.8 Å². The van der Waals surface area contributed by atoms with Crippen molar-refractivity contribution < 1.29 is 18.0 Å². The van der Waals surface area contributed by atoms with Gasteiger partial charge in [0.15, 0.2) is 0 Å². The van der Waals surface area contributed by atoms with E-state index in [4.69, 9.17) is 11.6 Å². The first-order valence-electron chi connectivity index (χ1n) is 12.5. The van der Waals surface area contributed by atoms with Crippen LogP contribution >= 0.6 is 11.6 Å². The Morgan fingerprint density at radius 2 is 1.50 bits per heavy atom. The molecule has 0 fully saturated rings. The average molecular weight is 556 g/mol. The van der Waals surface area contributed by atoms with Gasteiger partial charge >= 0.3 is 0 Å². The Balaban J connectivity index is 2.02. The molecule has 202 valence electrons. The van der Waals surface area contributed by atoms with Gasteiger partial charge in [-0.1, -0.05) is 78.2 Å². The lowest BCUT2D eigenvalue weighted by molar-refractivity contribution is -0.139. The fourth-order valence-electron chi connectivity index (χ4n) is 3.87. The van der Waals surface area contributed by atoms with E-state index in [1.165, 1.54) is 17.0 Å². The quantitative estimate of drug-likeness (QED) is 0.357. The number of nitrogens with one attached hydrogen (secondary N) is 1. The van der Waals surface area contributed by atoms with Crippen molar-refractivity contribution >= 4 is 39.1 Å². The fourth-order valence-corrected chi connectivity index (χ4v) is 5.59. The molecule has 2 amide bonds. The Kier molecular flexibility index (Phi) is 9.94. The molecule has 0 aromatic heterocycles.